The monoisotopic (exact) mass is 267 g/mol. The summed E-state index contributed by atoms with van der Waals surface area (Å²) in [5, 5.41) is 6.69. The van der Waals surface area contributed by atoms with Crippen molar-refractivity contribution in [2.24, 2.45) is 10.4 Å². The van der Waals surface area contributed by atoms with E-state index in [1.807, 2.05) is 0 Å². The Morgan fingerprint density at radius 3 is 2.50 bits per heavy atom. The van der Waals surface area contributed by atoms with Crippen LogP contribution in [0.2, 0.25) is 0 Å². The summed E-state index contributed by atoms with van der Waals surface area (Å²) in [6, 6.07) is 0. The van der Waals surface area contributed by atoms with Crippen LogP contribution in [-0.2, 0) is 25.9 Å². The molecule has 0 aromatic heterocycles. The third-order valence-corrected chi connectivity index (χ3v) is 0.398. The van der Waals surface area contributed by atoms with E-state index in [2.05, 4.69) is 15.2 Å². The van der Waals surface area contributed by atoms with Gasteiger partial charge in [0.2, 0.25) is 0 Å². The zero-order valence-corrected chi connectivity index (χ0v) is 5.31. The van der Waals surface area contributed by atoms with Crippen LogP contribution in [0.15, 0.2) is 10.4 Å². The molecule has 3 nitrogen and oxygen atoms in total. The molecule has 0 aromatic carbocycles. The Morgan fingerprint density at radius 1 is 1.50 bits per heavy atom. The normalized spacial score (nSPS) is 16.0. The molecule has 0 atom stereocenters. The van der Waals surface area contributed by atoms with E-state index in [0.29, 0.717) is 6.61 Å². The molecule has 0 spiro atoms. The molecule has 1 aliphatic rings. The molecular weight excluding hydrogens is 263 g/mol. The molecule has 0 saturated heterocycles. The molecule has 0 aromatic rings. The van der Waals surface area contributed by atoms with Crippen molar-refractivity contribution in [3.63, 3.8) is 0 Å². The van der Waals surface area contributed by atoms with E-state index in [1.165, 1.54) is 0 Å². The van der Waals surface area contributed by atoms with Gasteiger partial charge in [-0.1, -0.05) is 0 Å². The molecule has 0 amide bonds. The Morgan fingerprint density at radius 2 is 2.33 bits per heavy atom. The van der Waals surface area contributed by atoms with Crippen LogP contribution in [0.5, 0.6) is 0 Å². The number of hydrogen-bond donors (Lipinski definition) is 0. The number of hydrogen-bond acceptors (Lipinski definition) is 3. The second kappa shape index (κ2) is 3.28. The van der Waals surface area contributed by atoms with Crippen molar-refractivity contribution >= 4 is 0 Å². The summed E-state index contributed by atoms with van der Waals surface area (Å²) in [6.45, 7) is 1.40. The van der Waals surface area contributed by atoms with Crippen molar-refractivity contribution in [1.29, 1.82) is 0 Å². The van der Waals surface area contributed by atoms with Gasteiger partial charge in [-0.2, -0.15) is 5.11 Å². The van der Waals surface area contributed by atoms with Gasteiger partial charge in [-0.25, -0.2) is 0 Å². The number of nitrogens with zero attached hydrogens (tertiary/aromatic N) is 2. The van der Waals surface area contributed by atoms with Crippen LogP contribution < -0.4 is 0 Å². The van der Waals surface area contributed by atoms with Crippen molar-refractivity contribution in [2.45, 2.75) is 0 Å². The SMILES string of the molecule is C1CON=N1.[Pt+4]. The maximum absolute atomic E-state index is 4.40. The van der Waals surface area contributed by atoms with Crippen LogP contribution in [0, 0.1) is 0 Å². The largest absolute Gasteiger partial charge is 4.00 e. The molecule has 1 heterocycles. The van der Waals surface area contributed by atoms with E-state index in [4.69, 9.17) is 0 Å². The summed E-state index contributed by atoms with van der Waals surface area (Å²) in [6.07, 6.45) is 0. The molecule has 1 aliphatic heterocycles. The molecule has 4 heteroatoms. The average molecular weight is 267 g/mol. The number of rotatable bonds is 0. The minimum absolute atomic E-state index is 0. The van der Waals surface area contributed by atoms with E-state index < -0.39 is 0 Å². The Balaban J connectivity index is 0.000000250. The summed E-state index contributed by atoms with van der Waals surface area (Å²) in [5.41, 5.74) is 0. The van der Waals surface area contributed by atoms with Gasteiger partial charge in [-0.05, 0) is 0 Å². The predicted octanol–water partition coefficient (Wildman–Crippen LogP) is 0.381. The van der Waals surface area contributed by atoms with E-state index >= 15 is 0 Å². The Labute approximate surface area is 50.0 Å². The van der Waals surface area contributed by atoms with Crippen molar-refractivity contribution < 1.29 is 25.9 Å². The van der Waals surface area contributed by atoms with Gasteiger partial charge in [0, 0.05) is 5.28 Å². The fraction of sp³-hybridized carbons (Fsp3) is 1.00. The van der Waals surface area contributed by atoms with E-state index in [-0.39, 0.29) is 21.1 Å². The van der Waals surface area contributed by atoms with Crippen molar-refractivity contribution in [3.8, 4) is 0 Å². The zero-order chi connectivity index (χ0) is 3.54. The smallest absolute Gasteiger partial charge is 0.378 e. The van der Waals surface area contributed by atoms with Crippen LogP contribution in [0.4, 0.5) is 0 Å². The first-order valence-electron chi connectivity index (χ1n) is 1.49. The third kappa shape index (κ3) is 1.51. The first-order chi connectivity index (χ1) is 2.50. The van der Waals surface area contributed by atoms with Crippen LogP contribution in [0.3, 0.4) is 0 Å². The molecule has 0 fully saturated rings. The summed E-state index contributed by atoms with van der Waals surface area (Å²) in [5.74, 6) is 0. The molecule has 0 unspecified atom stereocenters. The second-order valence-corrected chi connectivity index (χ2v) is 0.780. The fourth-order valence-corrected chi connectivity index (χ4v) is 0.204. The van der Waals surface area contributed by atoms with Crippen molar-refractivity contribution in [2.75, 3.05) is 13.2 Å². The van der Waals surface area contributed by atoms with E-state index in [0.717, 1.165) is 6.54 Å². The van der Waals surface area contributed by atoms with Gasteiger partial charge < -0.3 is 4.84 Å². The van der Waals surface area contributed by atoms with Gasteiger partial charge in [0.05, 0.1) is 0 Å². The van der Waals surface area contributed by atoms with Gasteiger partial charge in [0.25, 0.3) is 0 Å². The second-order valence-electron chi connectivity index (χ2n) is 0.780. The maximum atomic E-state index is 4.40. The van der Waals surface area contributed by atoms with Gasteiger partial charge in [-0.3, -0.25) is 0 Å². The molecule has 0 aliphatic carbocycles. The Hall–Kier alpha value is 0.0883. The topological polar surface area (TPSA) is 34.0 Å². The minimum atomic E-state index is 0. The standard InChI is InChI=1S/C2H4N2O.Pt/c1-2-5-4-3-1;/h1-2H2;/q;+4. The van der Waals surface area contributed by atoms with Gasteiger partial charge >= 0.3 is 21.1 Å². The Bertz CT molecular complexity index is 49.5. The molecule has 0 N–H and O–H groups in total. The fourth-order valence-electron chi connectivity index (χ4n) is 0.204. The molecule has 0 saturated carbocycles. The van der Waals surface area contributed by atoms with E-state index in [9.17, 15) is 0 Å². The first kappa shape index (κ1) is 6.09. The van der Waals surface area contributed by atoms with Crippen LogP contribution in [0.1, 0.15) is 0 Å². The Kier molecular flexibility index (Phi) is 3.33. The molecule has 1 rings (SSSR count). The van der Waals surface area contributed by atoms with Gasteiger partial charge in [0.1, 0.15) is 13.2 Å². The molecule has 0 radical (unpaired) electrons. The van der Waals surface area contributed by atoms with Gasteiger partial charge in [0.15, 0.2) is 0 Å². The van der Waals surface area contributed by atoms with E-state index in [1.54, 1.807) is 0 Å². The third-order valence-electron chi connectivity index (χ3n) is 0.398. The van der Waals surface area contributed by atoms with Crippen LogP contribution >= 0.6 is 0 Å². The summed E-state index contributed by atoms with van der Waals surface area (Å²) >= 11 is 0. The zero-order valence-electron chi connectivity index (χ0n) is 3.03. The predicted molar refractivity (Wildman–Crippen MR) is 15.7 cm³/mol. The summed E-state index contributed by atoms with van der Waals surface area (Å²) < 4.78 is 0. The molecule has 6 heavy (non-hydrogen) atoms. The minimum Gasteiger partial charge on any atom is -0.378 e. The maximum Gasteiger partial charge on any atom is 4.00 e. The molecule has 34 valence electrons. The molecule has 0 bridgehead atoms. The van der Waals surface area contributed by atoms with Crippen molar-refractivity contribution in [1.82, 2.24) is 0 Å². The summed E-state index contributed by atoms with van der Waals surface area (Å²) in [4.78, 5) is 4.40. The average Bonchev–Trinajstić information content (AvgIpc) is 1.76. The van der Waals surface area contributed by atoms with Crippen LogP contribution in [-0.4, -0.2) is 13.2 Å². The molecular formula is C2H4N2OPt+4. The van der Waals surface area contributed by atoms with Crippen LogP contribution in [0.25, 0.3) is 0 Å². The van der Waals surface area contributed by atoms with Crippen molar-refractivity contribution in [3.05, 3.63) is 0 Å². The first-order valence-corrected chi connectivity index (χ1v) is 1.49. The summed E-state index contributed by atoms with van der Waals surface area (Å²) in [7, 11) is 0. The van der Waals surface area contributed by atoms with Gasteiger partial charge in [-0.15, -0.1) is 0 Å². The quantitative estimate of drug-likeness (QED) is 0.625.